The number of rotatable bonds is 6. The quantitative estimate of drug-likeness (QED) is 0.682. The van der Waals surface area contributed by atoms with Crippen molar-refractivity contribution in [2.45, 2.75) is 25.8 Å². The summed E-state index contributed by atoms with van der Waals surface area (Å²) in [5.74, 6) is 1.59. The first-order chi connectivity index (χ1) is 7.22. The number of hydrogen-bond donors (Lipinski definition) is 2. The molecule has 0 aliphatic carbocycles. The zero-order valence-corrected chi connectivity index (χ0v) is 10.7. The van der Waals surface area contributed by atoms with E-state index >= 15 is 0 Å². The second-order valence-electron chi connectivity index (χ2n) is 4.85. The molecular formula is C12H27N3. The Morgan fingerprint density at radius 3 is 2.53 bits per heavy atom. The first-order valence-electron chi connectivity index (χ1n) is 6.23. The van der Waals surface area contributed by atoms with Crippen LogP contribution in [0.1, 0.15) is 19.8 Å². The Balaban J connectivity index is 2.52. The van der Waals surface area contributed by atoms with Gasteiger partial charge in [0.05, 0.1) is 0 Å². The zero-order valence-electron chi connectivity index (χ0n) is 10.7. The van der Waals surface area contributed by atoms with E-state index in [0.29, 0.717) is 6.04 Å². The molecule has 90 valence electrons. The number of nitrogens with one attached hydrogen (secondary N) is 2. The van der Waals surface area contributed by atoms with Gasteiger partial charge in [-0.15, -0.1) is 0 Å². The molecule has 0 amide bonds. The fourth-order valence-electron chi connectivity index (χ4n) is 2.91. The van der Waals surface area contributed by atoms with Gasteiger partial charge in [0.1, 0.15) is 0 Å². The molecule has 0 radical (unpaired) electrons. The molecule has 0 aromatic heterocycles. The van der Waals surface area contributed by atoms with E-state index in [1.165, 1.54) is 25.9 Å². The molecular weight excluding hydrogens is 186 g/mol. The summed E-state index contributed by atoms with van der Waals surface area (Å²) < 4.78 is 0. The van der Waals surface area contributed by atoms with Crippen LogP contribution in [0.25, 0.3) is 0 Å². The van der Waals surface area contributed by atoms with Crippen molar-refractivity contribution in [2.24, 2.45) is 11.8 Å². The van der Waals surface area contributed by atoms with Gasteiger partial charge in [-0.2, -0.15) is 0 Å². The van der Waals surface area contributed by atoms with Crippen LogP contribution < -0.4 is 10.6 Å². The second kappa shape index (κ2) is 6.46. The van der Waals surface area contributed by atoms with E-state index in [1.807, 2.05) is 0 Å². The van der Waals surface area contributed by atoms with E-state index in [-0.39, 0.29) is 0 Å². The van der Waals surface area contributed by atoms with Crippen molar-refractivity contribution >= 4 is 0 Å². The molecule has 15 heavy (non-hydrogen) atoms. The van der Waals surface area contributed by atoms with Gasteiger partial charge in [0.15, 0.2) is 0 Å². The van der Waals surface area contributed by atoms with Crippen LogP contribution in [0.3, 0.4) is 0 Å². The van der Waals surface area contributed by atoms with Crippen molar-refractivity contribution in [3.63, 3.8) is 0 Å². The molecule has 2 N–H and O–H groups in total. The molecule has 0 spiro atoms. The Bertz CT molecular complexity index is 168. The topological polar surface area (TPSA) is 27.3 Å². The van der Waals surface area contributed by atoms with E-state index < -0.39 is 0 Å². The third kappa shape index (κ3) is 3.44. The highest BCUT2D eigenvalue weighted by Gasteiger charge is 2.31. The van der Waals surface area contributed by atoms with Gasteiger partial charge >= 0.3 is 0 Å². The Labute approximate surface area is 94.6 Å². The summed E-state index contributed by atoms with van der Waals surface area (Å²) in [6.45, 7) is 5.94. The Kier molecular flexibility index (Phi) is 5.58. The lowest BCUT2D eigenvalue weighted by Gasteiger charge is -2.31. The monoisotopic (exact) mass is 213 g/mol. The molecule has 3 nitrogen and oxygen atoms in total. The third-order valence-electron chi connectivity index (χ3n) is 3.77. The molecule has 3 heteroatoms. The summed E-state index contributed by atoms with van der Waals surface area (Å²) in [5.41, 5.74) is 0. The molecule has 0 bridgehead atoms. The van der Waals surface area contributed by atoms with Crippen molar-refractivity contribution in [3.8, 4) is 0 Å². The lowest BCUT2D eigenvalue weighted by Crippen LogP contribution is -2.44. The van der Waals surface area contributed by atoms with E-state index in [2.05, 4.69) is 43.6 Å². The molecule has 0 aromatic carbocycles. The van der Waals surface area contributed by atoms with Crippen molar-refractivity contribution < 1.29 is 0 Å². The van der Waals surface area contributed by atoms with Crippen molar-refractivity contribution in [1.82, 2.24) is 15.5 Å². The normalized spacial score (nSPS) is 26.8. The molecule has 0 aromatic rings. The maximum absolute atomic E-state index is 3.53. The molecule has 1 fully saturated rings. The van der Waals surface area contributed by atoms with Crippen LogP contribution in [-0.4, -0.2) is 51.7 Å². The maximum atomic E-state index is 3.53. The minimum absolute atomic E-state index is 0.674. The molecule has 1 heterocycles. The number of hydrogen-bond acceptors (Lipinski definition) is 3. The molecule has 1 rings (SSSR count). The molecule has 3 atom stereocenters. The first-order valence-corrected chi connectivity index (χ1v) is 6.23. The standard InChI is InChI=1S/C12H27N3/c1-5-10(8-13-2)12(14-3)11-6-7-15(4)9-11/h10-14H,5-9H2,1-4H3. The summed E-state index contributed by atoms with van der Waals surface area (Å²) in [7, 11) is 6.39. The van der Waals surface area contributed by atoms with Gasteiger partial charge in [-0.1, -0.05) is 13.3 Å². The number of likely N-dealkylation sites (tertiary alicyclic amines) is 1. The highest BCUT2D eigenvalue weighted by molar-refractivity contribution is 4.87. The Morgan fingerprint density at radius 2 is 2.13 bits per heavy atom. The van der Waals surface area contributed by atoms with E-state index in [0.717, 1.165) is 18.4 Å². The predicted molar refractivity (Wildman–Crippen MR) is 66.2 cm³/mol. The zero-order chi connectivity index (χ0) is 11.3. The van der Waals surface area contributed by atoms with Crippen molar-refractivity contribution in [3.05, 3.63) is 0 Å². The van der Waals surface area contributed by atoms with Crippen LogP contribution in [0.5, 0.6) is 0 Å². The third-order valence-corrected chi connectivity index (χ3v) is 3.77. The average molecular weight is 213 g/mol. The van der Waals surface area contributed by atoms with Gasteiger partial charge in [0.25, 0.3) is 0 Å². The van der Waals surface area contributed by atoms with Gasteiger partial charge in [-0.25, -0.2) is 0 Å². The predicted octanol–water partition coefficient (Wildman–Crippen LogP) is 0.772. The Hall–Kier alpha value is -0.120. The first kappa shape index (κ1) is 12.9. The van der Waals surface area contributed by atoms with Crippen molar-refractivity contribution in [1.29, 1.82) is 0 Å². The van der Waals surface area contributed by atoms with E-state index in [4.69, 9.17) is 0 Å². The average Bonchev–Trinajstić information content (AvgIpc) is 2.64. The summed E-state index contributed by atoms with van der Waals surface area (Å²) >= 11 is 0. The molecule has 0 saturated carbocycles. The highest BCUT2D eigenvalue weighted by Crippen LogP contribution is 2.24. The van der Waals surface area contributed by atoms with Crippen LogP contribution in [0.4, 0.5) is 0 Å². The van der Waals surface area contributed by atoms with Crippen LogP contribution >= 0.6 is 0 Å². The van der Waals surface area contributed by atoms with Crippen LogP contribution in [0.15, 0.2) is 0 Å². The second-order valence-corrected chi connectivity index (χ2v) is 4.85. The SMILES string of the molecule is CCC(CNC)C(NC)C1CCN(C)C1. The van der Waals surface area contributed by atoms with Crippen molar-refractivity contribution in [2.75, 3.05) is 40.8 Å². The number of nitrogens with zero attached hydrogens (tertiary/aromatic N) is 1. The molecule has 3 unspecified atom stereocenters. The Morgan fingerprint density at radius 1 is 1.40 bits per heavy atom. The maximum Gasteiger partial charge on any atom is 0.0145 e. The van der Waals surface area contributed by atoms with E-state index in [9.17, 15) is 0 Å². The van der Waals surface area contributed by atoms with E-state index in [1.54, 1.807) is 0 Å². The fourth-order valence-corrected chi connectivity index (χ4v) is 2.91. The van der Waals surface area contributed by atoms with Gasteiger partial charge in [-0.05, 0) is 52.5 Å². The van der Waals surface area contributed by atoms with Gasteiger partial charge in [-0.3, -0.25) is 0 Å². The lowest BCUT2D eigenvalue weighted by atomic mass is 9.86. The molecule has 1 aliphatic rings. The summed E-state index contributed by atoms with van der Waals surface area (Å²) in [5, 5.41) is 6.85. The van der Waals surface area contributed by atoms with Gasteiger partial charge < -0.3 is 15.5 Å². The summed E-state index contributed by atoms with van der Waals surface area (Å²) in [4.78, 5) is 2.45. The summed E-state index contributed by atoms with van der Waals surface area (Å²) in [6.07, 6.45) is 2.61. The largest absolute Gasteiger partial charge is 0.319 e. The van der Waals surface area contributed by atoms with Crippen LogP contribution in [0.2, 0.25) is 0 Å². The fraction of sp³-hybridized carbons (Fsp3) is 1.00. The van der Waals surface area contributed by atoms with Crippen LogP contribution in [-0.2, 0) is 0 Å². The highest BCUT2D eigenvalue weighted by atomic mass is 15.1. The summed E-state index contributed by atoms with van der Waals surface area (Å²) in [6, 6.07) is 0.674. The molecule has 1 aliphatic heterocycles. The molecule has 1 saturated heterocycles. The minimum Gasteiger partial charge on any atom is -0.319 e. The van der Waals surface area contributed by atoms with Gasteiger partial charge in [0, 0.05) is 12.6 Å². The van der Waals surface area contributed by atoms with Gasteiger partial charge in [0.2, 0.25) is 0 Å². The lowest BCUT2D eigenvalue weighted by molar-refractivity contribution is 0.256. The smallest absolute Gasteiger partial charge is 0.0145 e. The minimum atomic E-state index is 0.674. The van der Waals surface area contributed by atoms with Crippen LogP contribution in [0, 0.1) is 11.8 Å².